The van der Waals surface area contributed by atoms with Crippen molar-refractivity contribution in [1.82, 2.24) is 14.9 Å². The van der Waals surface area contributed by atoms with Crippen molar-refractivity contribution in [3.8, 4) is 0 Å². The van der Waals surface area contributed by atoms with Gasteiger partial charge in [0, 0.05) is 6.54 Å². The highest BCUT2D eigenvalue weighted by Crippen LogP contribution is 2.26. The number of hydrogen-bond acceptors (Lipinski definition) is 2. The Hall–Kier alpha value is -1.33. The molecule has 0 spiro atoms. The molecule has 1 amide bonds. The van der Waals surface area contributed by atoms with Crippen molar-refractivity contribution in [2.24, 2.45) is 0 Å². The van der Waals surface area contributed by atoms with E-state index in [9.17, 15) is 4.79 Å². The average Bonchev–Trinajstić information content (AvgIpc) is 2.72. The molecule has 0 radical (unpaired) electrons. The molecule has 102 valence electrons. The van der Waals surface area contributed by atoms with E-state index in [0.29, 0.717) is 16.3 Å². The van der Waals surface area contributed by atoms with Crippen LogP contribution in [0.1, 0.15) is 26.3 Å². The molecule has 4 nitrogen and oxygen atoms in total. The molecule has 0 saturated heterocycles. The molecule has 1 unspecified atom stereocenters. The highest BCUT2D eigenvalue weighted by atomic mass is 35.5. The van der Waals surface area contributed by atoms with Gasteiger partial charge in [0.25, 0.3) is 0 Å². The first kappa shape index (κ1) is 14.1. The van der Waals surface area contributed by atoms with E-state index >= 15 is 0 Å². The molecular formula is C13H16ClN3OS. The van der Waals surface area contributed by atoms with Crippen LogP contribution in [0.5, 0.6) is 0 Å². The summed E-state index contributed by atoms with van der Waals surface area (Å²) in [4.78, 5) is 15.1. The molecule has 2 N–H and O–H groups in total. The van der Waals surface area contributed by atoms with Gasteiger partial charge in [0.2, 0.25) is 5.91 Å². The molecule has 1 aromatic heterocycles. The van der Waals surface area contributed by atoms with Gasteiger partial charge in [0.15, 0.2) is 4.77 Å². The molecule has 2 aromatic rings. The number of halogens is 1. The molecule has 1 heterocycles. The second kappa shape index (κ2) is 5.75. The largest absolute Gasteiger partial charge is 0.354 e. The SMILES string of the molecule is CCCNC(=O)C(C)n1c(=S)[nH]c2cccc(Cl)c21. The van der Waals surface area contributed by atoms with Crippen LogP contribution in [-0.4, -0.2) is 22.0 Å². The predicted molar refractivity (Wildman–Crippen MR) is 80.1 cm³/mol. The maximum Gasteiger partial charge on any atom is 0.242 e. The van der Waals surface area contributed by atoms with E-state index in [1.54, 1.807) is 10.6 Å². The van der Waals surface area contributed by atoms with Crippen molar-refractivity contribution in [3.63, 3.8) is 0 Å². The van der Waals surface area contributed by atoms with Gasteiger partial charge in [0.1, 0.15) is 6.04 Å². The maximum absolute atomic E-state index is 12.1. The van der Waals surface area contributed by atoms with Gasteiger partial charge in [-0.25, -0.2) is 0 Å². The topological polar surface area (TPSA) is 49.8 Å². The summed E-state index contributed by atoms with van der Waals surface area (Å²) in [7, 11) is 0. The molecule has 1 aromatic carbocycles. The Labute approximate surface area is 121 Å². The number of carbonyl (C=O) groups excluding carboxylic acids is 1. The van der Waals surface area contributed by atoms with Crippen LogP contribution in [0.2, 0.25) is 5.02 Å². The minimum atomic E-state index is -0.396. The Morgan fingerprint density at radius 3 is 3.00 bits per heavy atom. The lowest BCUT2D eigenvalue weighted by Gasteiger charge is -2.14. The van der Waals surface area contributed by atoms with Crippen molar-refractivity contribution in [2.45, 2.75) is 26.3 Å². The minimum absolute atomic E-state index is 0.0567. The van der Waals surface area contributed by atoms with Gasteiger partial charge in [-0.2, -0.15) is 0 Å². The summed E-state index contributed by atoms with van der Waals surface area (Å²) in [5.74, 6) is -0.0567. The quantitative estimate of drug-likeness (QED) is 0.849. The Morgan fingerprint density at radius 2 is 2.32 bits per heavy atom. The zero-order valence-corrected chi connectivity index (χ0v) is 12.4. The fraction of sp³-hybridized carbons (Fsp3) is 0.385. The standard InChI is InChI=1S/C13H16ClN3OS/c1-3-7-15-12(18)8(2)17-11-9(14)5-4-6-10(11)16-13(17)19/h4-6,8H,3,7H2,1-2H3,(H,15,18)(H,16,19). The minimum Gasteiger partial charge on any atom is -0.354 e. The molecular weight excluding hydrogens is 282 g/mol. The van der Waals surface area contributed by atoms with Gasteiger partial charge in [-0.15, -0.1) is 0 Å². The van der Waals surface area contributed by atoms with E-state index in [1.165, 1.54) is 0 Å². The fourth-order valence-corrected chi connectivity index (χ4v) is 2.65. The number of amides is 1. The van der Waals surface area contributed by atoms with Gasteiger partial charge >= 0.3 is 0 Å². The molecule has 6 heteroatoms. The number of nitrogens with zero attached hydrogens (tertiary/aromatic N) is 1. The summed E-state index contributed by atoms with van der Waals surface area (Å²) in [6.45, 7) is 4.49. The predicted octanol–water partition coefficient (Wildman–Crippen LogP) is 3.44. The Balaban J connectivity index is 2.47. The summed E-state index contributed by atoms with van der Waals surface area (Å²) < 4.78 is 2.26. The molecule has 0 saturated carbocycles. The number of imidazole rings is 1. The highest BCUT2D eigenvalue weighted by molar-refractivity contribution is 7.71. The van der Waals surface area contributed by atoms with E-state index < -0.39 is 6.04 Å². The summed E-state index contributed by atoms with van der Waals surface area (Å²) in [6.07, 6.45) is 0.901. The van der Waals surface area contributed by atoms with Crippen LogP contribution in [0.3, 0.4) is 0 Å². The van der Waals surface area contributed by atoms with Crippen molar-refractivity contribution in [3.05, 3.63) is 28.0 Å². The number of aromatic amines is 1. The van der Waals surface area contributed by atoms with Crippen LogP contribution in [0.4, 0.5) is 0 Å². The van der Waals surface area contributed by atoms with E-state index in [0.717, 1.165) is 17.5 Å². The molecule has 19 heavy (non-hydrogen) atoms. The maximum atomic E-state index is 12.1. The summed E-state index contributed by atoms with van der Waals surface area (Å²) in [5, 5.41) is 3.45. The van der Waals surface area contributed by atoms with Crippen LogP contribution in [-0.2, 0) is 4.79 Å². The molecule has 0 fully saturated rings. The number of para-hydroxylation sites is 1. The number of fused-ring (bicyclic) bond motifs is 1. The van der Waals surface area contributed by atoms with Crippen LogP contribution < -0.4 is 5.32 Å². The van der Waals surface area contributed by atoms with E-state index in [4.69, 9.17) is 23.8 Å². The van der Waals surface area contributed by atoms with E-state index in [-0.39, 0.29) is 5.91 Å². The van der Waals surface area contributed by atoms with Crippen LogP contribution in [0.25, 0.3) is 11.0 Å². The third kappa shape index (κ3) is 2.67. The number of H-pyrrole nitrogens is 1. The third-order valence-electron chi connectivity index (χ3n) is 3.00. The van der Waals surface area contributed by atoms with E-state index in [1.807, 2.05) is 26.0 Å². The smallest absolute Gasteiger partial charge is 0.242 e. The van der Waals surface area contributed by atoms with Gasteiger partial charge in [-0.3, -0.25) is 4.79 Å². The molecule has 0 aliphatic carbocycles. The second-order valence-electron chi connectivity index (χ2n) is 4.40. The fourth-order valence-electron chi connectivity index (χ4n) is 2.02. The lowest BCUT2D eigenvalue weighted by molar-refractivity contribution is -0.123. The zero-order valence-electron chi connectivity index (χ0n) is 10.9. The van der Waals surface area contributed by atoms with Gasteiger partial charge in [0.05, 0.1) is 16.1 Å². The zero-order chi connectivity index (χ0) is 14.0. The number of aromatic nitrogens is 2. The first-order valence-electron chi connectivity index (χ1n) is 6.22. The Kier molecular flexibility index (Phi) is 4.27. The molecule has 0 aliphatic heterocycles. The average molecular weight is 298 g/mol. The van der Waals surface area contributed by atoms with Crippen LogP contribution in [0.15, 0.2) is 18.2 Å². The highest BCUT2D eigenvalue weighted by Gasteiger charge is 2.19. The number of rotatable bonds is 4. The molecule has 1 atom stereocenters. The normalized spacial score (nSPS) is 12.6. The first-order chi connectivity index (χ1) is 9.06. The number of benzene rings is 1. The molecule has 2 rings (SSSR count). The lowest BCUT2D eigenvalue weighted by atomic mass is 10.2. The van der Waals surface area contributed by atoms with Gasteiger partial charge < -0.3 is 14.9 Å². The molecule has 0 bridgehead atoms. The lowest BCUT2D eigenvalue weighted by Crippen LogP contribution is -2.31. The van der Waals surface area contributed by atoms with Crippen LogP contribution >= 0.6 is 23.8 Å². The van der Waals surface area contributed by atoms with Crippen molar-refractivity contribution >= 4 is 40.8 Å². The number of hydrogen-bond donors (Lipinski definition) is 2. The molecule has 0 aliphatic rings. The van der Waals surface area contributed by atoms with Crippen molar-refractivity contribution in [1.29, 1.82) is 0 Å². The Morgan fingerprint density at radius 1 is 1.58 bits per heavy atom. The second-order valence-corrected chi connectivity index (χ2v) is 5.20. The van der Waals surface area contributed by atoms with Crippen molar-refractivity contribution < 1.29 is 4.79 Å². The van der Waals surface area contributed by atoms with Crippen molar-refractivity contribution in [2.75, 3.05) is 6.54 Å². The number of nitrogens with one attached hydrogen (secondary N) is 2. The first-order valence-corrected chi connectivity index (χ1v) is 7.01. The van der Waals surface area contributed by atoms with Gasteiger partial charge in [-0.1, -0.05) is 24.6 Å². The van der Waals surface area contributed by atoms with E-state index in [2.05, 4.69) is 10.3 Å². The van der Waals surface area contributed by atoms with Gasteiger partial charge in [-0.05, 0) is 37.7 Å². The summed E-state index contributed by atoms with van der Waals surface area (Å²) in [5.41, 5.74) is 1.61. The summed E-state index contributed by atoms with van der Waals surface area (Å²) >= 11 is 11.5. The third-order valence-corrected chi connectivity index (χ3v) is 3.61. The summed E-state index contributed by atoms with van der Waals surface area (Å²) in [6, 6.07) is 5.14. The Bertz CT molecular complexity index is 661. The number of carbonyl (C=O) groups is 1. The monoisotopic (exact) mass is 297 g/mol. The van der Waals surface area contributed by atoms with Crippen LogP contribution in [0, 0.1) is 4.77 Å².